The molecule has 3 aliphatic rings. The molecule has 4 rings (SSSR count). The number of morpholine rings is 1. The summed E-state index contributed by atoms with van der Waals surface area (Å²) in [7, 11) is 0. The van der Waals surface area contributed by atoms with Gasteiger partial charge >= 0.3 is 5.69 Å². The predicted octanol–water partition coefficient (Wildman–Crippen LogP) is 2.20. The lowest BCUT2D eigenvalue weighted by atomic mass is 9.85. The van der Waals surface area contributed by atoms with Gasteiger partial charge in [0.2, 0.25) is 17.7 Å². The maximum absolute atomic E-state index is 12.7. The van der Waals surface area contributed by atoms with Crippen LogP contribution in [0, 0.1) is 16.0 Å². The SMILES string of the molecule is CC1(Nc2ncc([N+](=O)[O-])c(NC3CCC(C(=O)N4CCOCC4)CC3)n2)CCOCC1. The zero-order valence-electron chi connectivity index (χ0n) is 18.5. The van der Waals surface area contributed by atoms with Crippen LogP contribution < -0.4 is 10.6 Å². The van der Waals surface area contributed by atoms with Crippen molar-refractivity contribution in [3.63, 3.8) is 0 Å². The van der Waals surface area contributed by atoms with Gasteiger partial charge in [-0.1, -0.05) is 0 Å². The third-order valence-electron chi connectivity index (χ3n) is 6.72. The molecule has 0 bridgehead atoms. The van der Waals surface area contributed by atoms with E-state index in [1.165, 1.54) is 6.20 Å². The Labute approximate surface area is 187 Å². The van der Waals surface area contributed by atoms with E-state index in [2.05, 4.69) is 27.5 Å². The smallest absolute Gasteiger partial charge is 0.329 e. The van der Waals surface area contributed by atoms with Gasteiger partial charge < -0.3 is 25.0 Å². The van der Waals surface area contributed by atoms with Gasteiger partial charge in [0, 0.05) is 43.8 Å². The average molecular weight is 449 g/mol. The molecule has 32 heavy (non-hydrogen) atoms. The van der Waals surface area contributed by atoms with Crippen LogP contribution in [0.3, 0.4) is 0 Å². The van der Waals surface area contributed by atoms with Crippen LogP contribution in [0.5, 0.6) is 0 Å². The lowest BCUT2D eigenvalue weighted by Crippen LogP contribution is -2.45. The maximum atomic E-state index is 12.7. The number of hydrogen-bond acceptors (Lipinski definition) is 9. The number of carbonyl (C=O) groups is 1. The summed E-state index contributed by atoms with van der Waals surface area (Å²) in [6, 6.07) is 0.0313. The Morgan fingerprint density at radius 2 is 1.81 bits per heavy atom. The first-order valence-electron chi connectivity index (χ1n) is 11.4. The van der Waals surface area contributed by atoms with Gasteiger partial charge in [0.25, 0.3) is 0 Å². The van der Waals surface area contributed by atoms with Crippen LogP contribution in [0.4, 0.5) is 17.5 Å². The third-order valence-corrected chi connectivity index (χ3v) is 6.72. The lowest BCUT2D eigenvalue weighted by molar-refractivity contribution is -0.384. The quantitative estimate of drug-likeness (QED) is 0.496. The summed E-state index contributed by atoms with van der Waals surface area (Å²) in [5, 5.41) is 18.1. The number of nitrogens with zero attached hydrogens (tertiary/aromatic N) is 4. The monoisotopic (exact) mass is 448 g/mol. The van der Waals surface area contributed by atoms with Gasteiger partial charge in [-0.25, -0.2) is 4.98 Å². The molecule has 0 aromatic carbocycles. The number of carbonyl (C=O) groups excluding carboxylic acids is 1. The van der Waals surface area contributed by atoms with Crippen LogP contribution in [0.2, 0.25) is 0 Å². The minimum Gasteiger partial charge on any atom is -0.381 e. The van der Waals surface area contributed by atoms with E-state index >= 15 is 0 Å². The summed E-state index contributed by atoms with van der Waals surface area (Å²) >= 11 is 0. The molecule has 1 aromatic heterocycles. The molecular formula is C21H32N6O5. The first-order valence-corrected chi connectivity index (χ1v) is 11.4. The number of anilines is 2. The van der Waals surface area contributed by atoms with Crippen LogP contribution in [-0.2, 0) is 14.3 Å². The van der Waals surface area contributed by atoms with Crippen LogP contribution in [0.25, 0.3) is 0 Å². The number of amides is 1. The first kappa shape index (κ1) is 22.7. The molecule has 0 spiro atoms. The minimum atomic E-state index is -0.462. The van der Waals surface area contributed by atoms with E-state index in [0.29, 0.717) is 45.5 Å². The molecule has 1 amide bonds. The Morgan fingerprint density at radius 3 is 2.47 bits per heavy atom. The minimum absolute atomic E-state index is 0.0113. The van der Waals surface area contributed by atoms with Crippen LogP contribution in [-0.4, -0.2) is 76.8 Å². The standard InChI is InChI=1S/C21H32N6O5/c1-21(6-10-31-11-7-21)25-20-22-14-17(27(29)30)18(24-20)23-16-4-2-15(3-5-16)19(28)26-8-12-32-13-9-26/h14-16H,2-13H2,1H3,(H2,22,23,24,25). The second kappa shape index (κ2) is 9.95. The number of nitro groups is 1. The van der Waals surface area contributed by atoms with Crippen molar-refractivity contribution in [2.45, 2.75) is 57.0 Å². The number of rotatable bonds is 6. The van der Waals surface area contributed by atoms with Crippen molar-refractivity contribution in [3.8, 4) is 0 Å². The fourth-order valence-electron chi connectivity index (χ4n) is 4.61. The van der Waals surface area contributed by atoms with Crippen molar-refractivity contribution < 1.29 is 19.2 Å². The Balaban J connectivity index is 1.38. The fourth-order valence-corrected chi connectivity index (χ4v) is 4.61. The summed E-state index contributed by atoms with van der Waals surface area (Å²) in [6.07, 6.45) is 5.94. The molecule has 2 saturated heterocycles. The number of aromatic nitrogens is 2. The lowest BCUT2D eigenvalue weighted by Gasteiger charge is -2.35. The zero-order valence-corrected chi connectivity index (χ0v) is 18.5. The van der Waals surface area contributed by atoms with Crippen molar-refractivity contribution in [2.75, 3.05) is 50.2 Å². The van der Waals surface area contributed by atoms with Crippen LogP contribution in [0.1, 0.15) is 45.4 Å². The highest BCUT2D eigenvalue weighted by molar-refractivity contribution is 5.79. The highest BCUT2D eigenvalue weighted by Gasteiger charge is 2.32. The highest BCUT2D eigenvalue weighted by Crippen LogP contribution is 2.31. The summed E-state index contributed by atoms with van der Waals surface area (Å²) in [4.78, 5) is 34.3. The van der Waals surface area contributed by atoms with Gasteiger partial charge in [-0.15, -0.1) is 0 Å². The van der Waals surface area contributed by atoms with E-state index in [9.17, 15) is 14.9 Å². The van der Waals surface area contributed by atoms with Crippen molar-refractivity contribution in [3.05, 3.63) is 16.3 Å². The van der Waals surface area contributed by atoms with Crippen LogP contribution >= 0.6 is 0 Å². The van der Waals surface area contributed by atoms with Gasteiger partial charge in [-0.05, 0) is 45.4 Å². The van der Waals surface area contributed by atoms with Crippen molar-refractivity contribution in [1.29, 1.82) is 0 Å². The molecule has 11 nitrogen and oxygen atoms in total. The zero-order chi connectivity index (χ0) is 22.6. The summed E-state index contributed by atoms with van der Waals surface area (Å²) in [5.74, 6) is 0.818. The van der Waals surface area contributed by atoms with Crippen molar-refractivity contribution in [1.82, 2.24) is 14.9 Å². The van der Waals surface area contributed by atoms with Gasteiger partial charge in [-0.2, -0.15) is 4.98 Å². The molecular weight excluding hydrogens is 416 g/mol. The molecule has 3 heterocycles. The number of nitrogens with one attached hydrogen (secondary N) is 2. The normalized spacial score (nSPS) is 25.7. The molecule has 1 saturated carbocycles. The summed E-state index contributed by atoms with van der Waals surface area (Å²) in [5.41, 5.74) is -0.344. The fraction of sp³-hybridized carbons (Fsp3) is 0.762. The molecule has 1 aromatic rings. The van der Waals surface area contributed by atoms with Gasteiger partial charge in [0.15, 0.2) is 0 Å². The summed E-state index contributed by atoms with van der Waals surface area (Å²) in [6.45, 7) is 5.92. The van der Waals surface area contributed by atoms with E-state index in [-0.39, 0.29) is 34.9 Å². The van der Waals surface area contributed by atoms with Gasteiger partial charge in [-0.3, -0.25) is 14.9 Å². The highest BCUT2D eigenvalue weighted by atomic mass is 16.6. The van der Waals surface area contributed by atoms with E-state index < -0.39 is 4.92 Å². The van der Waals surface area contributed by atoms with Crippen molar-refractivity contribution >= 4 is 23.4 Å². The van der Waals surface area contributed by atoms with E-state index in [1.807, 2.05) is 4.90 Å². The molecule has 0 unspecified atom stereocenters. The van der Waals surface area contributed by atoms with Crippen LogP contribution in [0.15, 0.2) is 6.20 Å². The van der Waals surface area contributed by atoms with Gasteiger partial charge in [0.05, 0.1) is 18.1 Å². The summed E-state index contributed by atoms with van der Waals surface area (Å²) < 4.78 is 10.8. The average Bonchev–Trinajstić information content (AvgIpc) is 2.80. The van der Waals surface area contributed by atoms with Gasteiger partial charge in [0.1, 0.15) is 6.20 Å². The van der Waals surface area contributed by atoms with E-state index in [0.717, 1.165) is 38.5 Å². The predicted molar refractivity (Wildman–Crippen MR) is 118 cm³/mol. The largest absolute Gasteiger partial charge is 0.381 e. The molecule has 2 N–H and O–H groups in total. The molecule has 176 valence electrons. The Kier molecular flexibility index (Phi) is 7.04. The van der Waals surface area contributed by atoms with E-state index in [4.69, 9.17) is 9.47 Å². The Bertz CT molecular complexity index is 817. The molecule has 1 aliphatic carbocycles. The topological polar surface area (TPSA) is 132 Å². The second-order valence-corrected chi connectivity index (χ2v) is 9.11. The Hall–Kier alpha value is -2.53. The Morgan fingerprint density at radius 1 is 1.16 bits per heavy atom. The molecule has 3 fully saturated rings. The number of hydrogen-bond donors (Lipinski definition) is 2. The van der Waals surface area contributed by atoms with Crippen molar-refractivity contribution in [2.24, 2.45) is 5.92 Å². The molecule has 11 heteroatoms. The number of ether oxygens (including phenoxy) is 2. The second-order valence-electron chi connectivity index (χ2n) is 9.11. The first-order chi connectivity index (χ1) is 15.4. The molecule has 0 radical (unpaired) electrons. The molecule has 0 atom stereocenters. The molecule has 2 aliphatic heterocycles. The third kappa shape index (κ3) is 5.44. The van der Waals surface area contributed by atoms with E-state index in [1.54, 1.807) is 0 Å². The maximum Gasteiger partial charge on any atom is 0.329 e.